The summed E-state index contributed by atoms with van der Waals surface area (Å²) in [6.45, 7) is 0. The zero-order valence-corrected chi connectivity index (χ0v) is 42.9. The molecule has 354 valence electrons. The Hall–Kier alpha value is -10.3. The van der Waals surface area contributed by atoms with Crippen molar-refractivity contribution in [1.82, 2.24) is 0 Å². The van der Waals surface area contributed by atoms with E-state index in [1.807, 2.05) is 91.0 Å². The number of anilines is 3. The predicted molar refractivity (Wildman–Crippen MR) is 316 cm³/mol. The number of fused-ring (bicyclic) bond motifs is 3. The van der Waals surface area contributed by atoms with Crippen LogP contribution >= 0.6 is 0 Å². The second-order valence-electron chi connectivity index (χ2n) is 18.7. The highest BCUT2D eigenvalue weighted by atomic mass is 15.1. The lowest BCUT2D eigenvalue weighted by atomic mass is 10.0. The Morgan fingerprint density at radius 3 is 0.640 bits per heavy atom. The van der Waals surface area contributed by atoms with Crippen LogP contribution in [0.1, 0.15) is 66.8 Å². The number of nitrogens with zero attached hydrogens (tertiary/aromatic N) is 3. The average molecular weight is 958 g/mol. The molecule has 0 amide bonds. The second kappa shape index (κ2) is 22.0. The predicted octanol–water partition coefficient (Wildman–Crippen LogP) is 13.7. The van der Waals surface area contributed by atoms with Gasteiger partial charge in [-0.25, -0.2) is 0 Å². The third-order valence-electron chi connectivity index (χ3n) is 12.8. The Morgan fingerprint density at radius 2 is 0.400 bits per heavy atom. The lowest BCUT2D eigenvalue weighted by molar-refractivity contribution is 1.14. The molecule has 0 aliphatic heterocycles. The van der Waals surface area contributed by atoms with Crippen LogP contribution in [0.4, 0.5) is 17.1 Å². The topological polar surface area (TPSA) is 9.72 Å². The zero-order chi connectivity index (χ0) is 51.7. The van der Waals surface area contributed by atoms with Crippen LogP contribution in [0, 0.1) is 71.0 Å². The Balaban J connectivity index is 0.910. The van der Waals surface area contributed by atoms with Gasteiger partial charge in [-0.05, 0) is 144 Å². The maximum atomic E-state index is 3.41. The first-order valence-corrected chi connectivity index (χ1v) is 24.8. The minimum absolute atomic E-state index is 0.816. The molecular formula is C72H51N3. The van der Waals surface area contributed by atoms with Crippen molar-refractivity contribution in [3.05, 3.63) is 267 Å². The summed E-state index contributed by atoms with van der Waals surface area (Å²) in [6.07, 6.45) is 0. The smallest absolute Gasteiger partial charge is 0.0441 e. The highest BCUT2D eigenvalue weighted by molar-refractivity contribution is 5.99. The van der Waals surface area contributed by atoms with Gasteiger partial charge in [0.05, 0.1) is 0 Å². The Labute approximate surface area is 442 Å². The van der Waals surface area contributed by atoms with Gasteiger partial charge in [-0.1, -0.05) is 144 Å². The van der Waals surface area contributed by atoms with Crippen LogP contribution in [-0.2, 0) is 0 Å². The van der Waals surface area contributed by atoms with E-state index in [2.05, 4.69) is 237 Å². The van der Waals surface area contributed by atoms with Crippen LogP contribution in [0.5, 0.6) is 0 Å². The van der Waals surface area contributed by atoms with Crippen molar-refractivity contribution in [1.29, 1.82) is 0 Å². The molecule has 0 N–H and O–H groups in total. The molecule has 0 bridgehead atoms. The van der Waals surface area contributed by atoms with Gasteiger partial charge >= 0.3 is 0 Å². The first-order chi connectivity index (χ1) is 36.6. The molecule has 10 aromatic carbocycles. The summed E-state index contributed by atoms with van der Waals surface area (Å²) in [5.74, 6) is 40.6. The van der Waals surface area contributed by atoms with Gasteiger partial charge in [0.1, 0.15) is 0 Å². The molecule has 3 nitrogen and oxygen atoms in total. The van der Waals surface area contributed by atoms with E-state index in [9.17, 15) is 0 Å². The van der Waals surface area contributed by atoms with Crippen molar-refractivity contribution >= 4 is 49.4 Å². The number of rotatable bonds is 3. The van der Waals surface area contributed by atoms with Crippen LogP contribution in [0.25, 0.3) is 32.3 Å². The van der Waals surface area contributed by atoms with Crippen LogP contribution in [-0.4, -0.2) is 42.3 Å². The standard InChI is InChI=1S/C72H51N3/c1-73(2)70-22-10-16-64-61(13-7-19-67(64)70)46-43-55-31-25-52(26-32-55)37-40-58-49-59(41-38-53-27-33-56(34-28-53)44-47-62-14-8-20-68-65(62)17-11-23-71(68)74(3)4)51-60(50-58)42-39-54-29-35-57(36-30-54)45-48-63-15-9-21-69-66(63)18-12-24-72(69)75(5)6/h7-36,49-51H,1-6H3. The number of hydrogen-bond donors (Lipinski definition) is 0. The Kier molecular flexibility index (Phi) is 14.2. The zero-order valence-electron chi connectivity index (χ0n) is 42.9. The first-order valence-electron chi connectivity index (χ1n) is 24.8. The molecule has 10 rings (SSSR count). The van der Waals surface area contributed by atoms with Crippen molar-refractivity contribution in [2.45, 2.75) is 0 Å². The number of benzene rings is 10. The van der Waals surface area contributed by atoms with Crippen molar-refractivity contribution < 1.29 is 0 Å². The number of hydrogen-bond acceptors (Lipinski definition) is 3. The highest BCUT2D eigenvalue weighted by Gasteiger charge is 2.08. The molecule has 75 heavy (non-hydrogen) atoms. The molecule has 0 radical (unpaired) electrons. The normalized spacial score (nSPS) is 10.2. The fourth-order valence-electron chi connectivity index (χ4n) is 8.98. The van der Waals surface area contributed by atoms with E-state index in [0.717, 1.165) is 82.9 Å². The fourth-order valence-corrected chi connectivity index (χ4v) is 8.98. The third-order valence-corrected chi connectivity index (χ3v) is 12.8. The summed E-state index contributed by atoms with van der Waals surface area (Å²) in [5.41, 5.74) is 14.4. The van der Waals surface area contributed by atoms with E-state index < -0.39 is 0 Å². The summed E-state index contributed by atoms with van der Waals surface area (Å²) in [7, 11) is 12.4. The molecule has 3 heteroatoms. The quantitative estimate of drug-likeness (QED) is 0.163. The molecule has 0 saturated carbocycles. The van der Waals surface area contributed by atoms with Gasteiger partial charge in [0.2, 0.25) is 0 Å². The first kappa shape index (κ1) is 48.4. The van der Waals surface area contributed by atoms with E-state index in [-0.39, 0.29) is 0 Å². The molecule has 0 aromatic heterocycles. The molecule has 0 fully saturated rings. The van der Waals surface area contributed by atoms with Gasteiger partial charge in [-0.3, -0.25) is 0 Å². The van der Waals surface area contributed by atoms with Gasteiger partial charge < -0.3 is 14.7 Å². The van der Waals surface area contributed by atoms with Crippen LogP contribution in [0.2, 0.25) is 0 Å². The van der Waals surface area contributed by atoms with E-state index >= 15 is 0 Å². The van der Waals surface area contributed by atoms with Crippen molar-refractivity contribution in [3.63, 3.8) is 0 Å². The minimum Gasteiger partial charge on any atom is -0.377 e. The van der Waals surface area contributed by atoms with Crippen LogP contribution in [0.15, 0.2) is 200 Å². The molecule has 0 unspecified atom stereocenters. The maximum absolute atomic E-state index is 3.41. The SMILES string of the molecule is CN(C)c1cccc2c(C#Cc3ccc(C#Cc4cc(C#Cc5ccc(C#Cc6cccc7c(N(C)C)cccc67)cc5)cc(C#Cc5ccc(C#Cc6cccc7c(N(C)C)cccc67)cc5)c4)cc3)cccc12. The van der Waals surface area contributed by atoms with E-state index in [0.29, 0.717) is 0 Å². The van der Waals surface area contributed by atoms with E-state index in [1.54, 1.807) is 0 Å². The van der Waals surface area contributed by atoms with Gasteiger partial charge in [0.25, 0.3) is 0 Å². The van der Waals surface area contributed by atoms with Crippen LogP contribution < -0.4 is 14.7 Å². The molecule has 0 aliphatic rings. The molecule has 0 spiro atoms. The summed E-state index contributed by atoms with van der Waals surface area (Å²) < 4.78 is 0. The van der Waals surface area contributed by atoms with Gasteiger partial charge in [-0.2, -0.15) is 0 Å². The van der Waals surface area contributed by atoms with Gasteiger partial charge in [0.15, 0.2) is 0 Å². The molecule has 0 saturated heterocycles. The van der Waals surface area contributed by atoms with E-state index in [1.165, 1.54) is 33.2 Å². The lowest BCUT2D eigenvalue weighted by Gasteiger charge is -2.15. The van der Waals surface area contributed by atoms with E-state index in [4.69, 9.17) is 0 Å². The largest absolute Gasteiger partial charge is 0.377 e. The second-order valence-corrected chi connectivity index (χ2v) is 18.7. The monoisotopic (exact) mass is 957 g/mol. The molecule has 0 atom stereocenters. The summed E-state index contributed by atoms with van der Waals surface area (Å²) in [5, 5.41) is 6.97. The lowest BCUT2D eigenvalue weighted by Crippen LogP contribution is -2.08. The Bertz CT molecular complexity index is 3770. The van der Waals surface area contributed by atoms with Gasteiger partial charge in [-0.15, -0.1) is 0 Å². The maximum Gasteiger partial charge on any atom is 0.0441 e. The fraction of sp³-hybridized carbons (Fsp3) is 0.0833. The summed E-state index contributed by atoms with van der Waals surface area (Å²) in [4.78, 5) is 6.40. The van der Waals surface area contributed by atoms with Crippen molar-refractivity contribution in [2.24, 2.45) is 0 Å². The summed E-state index contributed by atoms with van der Waals surface area (Å²) in [6, 6.07) is 68.2. The molecular weight excluding hydrogens is 907 g/mol. The van der Waals surface area contributed by atoms with Crippen molar-refractivity contribution in [2.75, 3.05) is 57.0 Å². The van der Waals surface area contributed by atoms with Crippen LogP contribution in [0.3, 0.4) is 0 Å². The Morgan fingerprint density at radius 1 is 0.200 bits per heavy atom. The average Bonchev–Trinajstić information content (AvgIpc) is 3.44. The third kappa shape index (κ3) is 11.4. The molecule has 0 aliphatic carbocycles. The highest BCUT2D eigenvalue weighted by Crippen LogP contribution is 2.30. The van der Waals surface area contributed by atoms with Gasteiger partial charge in [0, 0.05) is 142 Å². The molecule has 0 heterocycles. The van der Waals surface area contributed by atoms with Crippen molar-refractivity contribution in [3.8, 4) is 71.0 Å². The molecule has 10 aromatic rings. The summed E-state index contributed by atoms with van der Waals surface area (Å²) >= 11 is 0. The minimum atomic E-state index is 0.816.